The van der Waals surface area contributed by atoms with E-state index >= 15 is 0 Å². The van der Waals surface area contributed by atoms with Gasteiger partial charge in [0.05, 0.1) is 5.92 Å². The molecule has 0 fully saturated rings. The van der Waals surface area contributed by atoms with Crippen LogP contribution in [0.1, 0.15) is 54.2 Å². The van der Waals surface area contributed by atoms with Crippen LogP contribution in [0.4, 0.5) is 15.5 Å². The minimum absolute atomic E-state index is 0.189. The van der Waals surface area contributed by atoms with Crippen LogP contribution in [-0.2, 0) is 20.7 Å². The lowest BCUT2D eigenvalue weighted by Gasteiger charge is -2.26. The molecule has 10 heteroatoms. The number of amides is 2. The number of rotatable bonds is 4. The molecule has 0 aliphatic heterocycles. The van der Waals surface area contributed by atoms with Crippen molar-refractivity contribution in [2.45, 2.75) is 66.1 Å². The van der Waals surface area contributed by atoms with Crippen LogP contribution in [0.15, 0.2) is 18.2 Å². The number of anilines is 1. The number of ether oxygens (including phenoxy) is 2. The zero-order chi connectivity index (χ0) is 22.9. The molecule has 0 radical (unpaired) electrons. The van der Waals surface area contributed by atoms with E-state index in [2.05, 4.69) is 10.1 Å². The highest BCUT2D eigenvalue weighted by Crippen LogP contribution is 2.21. The van der Waals surface area contributed by atoms with E-state index in [9.17, 15) is 19.5 Å². The largest absolute Gasteiger partial charge is 0.481 e. The highest BCUT2D eigenvalue weighted by atomic mass is 16.6. The van der Waals surface area contributed by atoms with Crippen LogP contribution in [-0.4, -0.2) is 49.1 Å². The quantitative estimate of drug-likeness (QED) is 0.795. The zero-order valence-corrected chi connectivity index (χ0v) is 18.3. The Labute approximate surface area is 174 Å². The Morgan fingerprint density at radius 3 is 2.07 bits per heavy atom. The van der Waals surface area contributed by atoms with Crippen molar-refractivity contribution in [1.82, 2.24) is 14.6 Å². The Morgan fingerprint density at radius 1 is 1.07 bits per heavy atom. The van der Waals surface area contributed by atoms with Gasteiger partial charge in [0.25, 0.3) is 5.95 Å². The molecule has 2 aromatic heterocycles. The van der Waals surface area contributed by atoms with Gasteiger partial charge in [0, 0.05) is 12.1 Å². The van der Waals surface area contributed by atoms with Crippen molar-refractivity contribution in [1.29, 1.82) is 0 Å². The van der Waals surface area contributed by atoms with Crippen LogP contribution in [0.5, 0.6) is 0 Å². The normalized spacial score (nSPS) is 13.0. The predicted molar refractivity (Wildman–Crippen MR) is 108 cm³/mol. The summed E-state index contributed by atoms with van der Waals surface area (Å²) in [6, 6.07) is 5.03. The topological polar surface area (TPSA) is 123 Å². The Hall–Kier alpha value is -3.17. The van der Waals surface area contributed by atoms with Crippen LogP contribution in [0.3, 0.4) is 0 Å². The van der Waals surface area contributed by atoms with Gasteiger partial charge in [0.15, 0.2) is 5.65 Å². The Bertz CT molecular complexity index is 926. The average molecular weight is 420 g/mol. The molecule has 2 heterocycles. The van der Waals surface area contributed by atoms with Crippen LogP contribution in [0.2, 0.25) is 0 Å². The third kappa shape index (κ3) is 5.91. The van der Waals surface area contributed by atoms with Gasteiger partial charge in [-0.15, -0.1) is 10.00 Å². The molecule has 0 aliphatic carbocycles. The number of carboxylic acids is 1. The summed E-state index contributed by atoms with van der Waals surface area (Å²) < 4.78 is 12.1. The number of fused-ring (bicyclic) bond motifs is 1. The molecule has 2 rings (SSSR count). The highest BCUT2D eigenvalue weighted by molar-refractivity contribution is 6.08. The van der Waals surface area contributed by atoms with Gasteiger partial charge >= 0.3 is 18.2 Å². The van der Waals surface area contributed by atoms with Gasteiger partial charge in [-0.2, -0.15) is 4.98 Å². The minimum Gasteiger partial charge on any atom is -0.481 e. The molecule has 2 amide bonds. The van der Waals surface area contributed by atoms with Gasteiger partial charge < -0.3 is 14.6 Å². The van der Waals surface area contributed by atoms with Crippen molar-refractivity contribution in [3.8, 4) is 0 Å². The second-order valence-corrected chi connectivity index (χ2v) is 8.94. The Kier molecular flexibility index (Phi) is 6.39. The number of pyridine rings is 1. The van der Waals surface area contributed by atoms with Crippen LogP contribution in [0.25, 0.3) is 5.65 Å². The maximum Gasteiger partial charge on any atom is 0.427 e. The van der Waals surface area contributed by atoms with E-state index in [1.807, 2.05) is 0 Å². The first kappa shape index (κ1) is 23.1. The van der Waals surface area contributed by atoms with Gasteiger partial charge in [-0.25, -0.2) is 14.1 Å². The van der Waals surface area contributed by atoms with Gasteiger partial charge in [-0.3, -0.25) is 4.79 Å². The monoisotopic (exact) mass is 420 g/mol. The number of hydrogen-bond donors (Lipinski definition) is 1. The molecule has 1 atom stereocenters. The fourth-order valence-corrected chi connectivity index (χ4v) is 2.45. The van der Waals surface area contributed by atoms with Gasteiger partial charge in [0.2, 0.25) is 0 Å². The molecule has 1 unspecified atom stereocenters. The molecule has 0 spiro atoms. The fraction of sp³-hybridized carbons (Fsp3) is 0.550. The zero-order valence-electron chi connectivity index (χ0n) is 18.3. The SMILES string of the molecule is CC(Cc1cccc2nc(N(C(=O)OC(C)(C)C)C(=O)OC(C)(C)C)nn12)C(=O)O. The minimum atomic E-state index is -0.979. The van der Waals surface area contributed by atoms with E-state index < -0.39 is 35.3 Å². The molecule has 10 nitrogen and oxygen atoms in total. The second-order valence-electron chi connectivity index (χ2n) is 8.94. The maximum absolute atomic E-state index is 12.8. The van der Waals surface area contributed by atoms with E-state index in [0.717, 1.165) is 0 Å². The number of carbonyl (C=O) groups excluding carboxylic acids is 2. The van der Waals surface area contributed by atoms with Crippen molar-refractivity contribution in [2.75, 3.05) is 4.90 Å². The number of imide groups is 1. The molecule has 1 N–H and O–H groups in total. The van der Waals surface area contributed by atoms with Crippen molar-refractivity contribution in [3.05, 3.63) is 23.9 Å². The first-order valence-corrected chi connectivity index (χ1v) is 9.51. The highest BCUT2D eigenvalue weighted by Gasteiger charge is 2.35. The Morgan fingerprint density at radius 2 is 1.60 bits per heavy atom. The second kappa shape index (κ2) is 8.29. The summed E-state index contributed by atoms with van der Waals surface area (Å²) in [5.74, 6) is -1.83. The lowest BCUT2D eigenvalue weighted by atomic mass is 10.1. The van der Waals surface area contributed by atoms with Crippen LogP contribution < -0.4 is 4.90 Å². The smallest absolute Gasteiger partial charge is 0.427 e. The number of hydrogen-bond acceptors (Lipinski definition) is 7. The summed E-state index contributed by atoms with van der Waals surface area (Å²) >= 11 is 0. The molecule has 0 aliphatic rings. The predicted octanol–water partition coefficient (Wildman–Crippen LogP) is 3.67. The van der Waals surface area contributed by atoms with Gasteiger partial charge in [0.1, 0.15) is 11.2 Å². The molecular formula is C20H28N4O6. The number of aliphatic carboxylic acids is 1. The number of carbonyl (C=O) groups is 3. The fourth-order valence-electron chi connectivity index (χ4n) is 2.45. The summed E-state index contributed by atoms with van der Waals surface area (Å²) in [5.41, 5.74) is -0.816. The lowest BCUT2D eigenvalue weighted by molar-refractivity contribution is -0.141. The molecule has 30 heavy (non-hydrogen) atoms. The molecule has 0 saturated carbocycles. The number of aromatic nitrogens is 3. The van der Waals surface area contributed by atoms with E-state index in [1.165, 1.54) is 4.52 Å². The van der Waals surface area contributed by atoms with Crippen molar-refractivity contribution in [2.24, 2.45) is 5.92 Å². The van der Waals surface area contributed by atoms with Gasteiger partial charge in [-0.05, 0) is 53.7 Å². The molecule has 2 aromatic rings. The summed E-state index contributed by atoms with van der Waals surface area (Å²) in [6.07, 6.45) is -1.77. The Balaban J connectivity index is 2.50. The summed E-state index contributed by atoms with van der Waals surface area (Å²) in [5, 5.41) is 13.5. The third-order valence-corrected chi connectivity index (χ3v) is 3.72. The standard InChI is InChI=1S/C20H28N4O6/c1-12(15(25)26)11-13-9-8-10-14-21-16(22-24(13)14)23(17(27)29-19(2,3)4)18(28)30-20(5,6)7/h8-10,12H,11H2,1-7H3,(H,25,26). The summed E-state index contributed by atoms with van der Waals surface area (Å²) in [4.78, 5) is 41.6. The lowest BCUT2D eigenvalue weighted by Crippen LogP contribution is -2.44. The average Bonchev–Trinajstić information content (AvgIpc) is 2.95. The van der Waals surface area contributed by atoms with Gasteiger partial charge in [-0.1, -0.05) is 13.0 Å². The number of carboxylic acid groups (broad SMARTS) is 1. The first-order valence-electron chi connectivity index (χ1n) is 9.51. The van der Waals surface area contributed by atoms with E-state index in [4.69, 9.17) is 9.47 Å². The number of nitrogens with zero attached hydrogens (tertiary/aromatic N) is 4. The molecule has 164 valence electrons. The summed E-state index contributed by atoms with van der Waals surface area (Å²) in [6.45, 7) is 11.6. The van der Waals surface area contributed by atoms with E-state index in [1.54, 1.807) is 66.7 Å². The summed E-state index contributed by atoms with van der Waals surface area (Å²) in [7, 11) is 0. The maximum atomic E-state index is 12.8. The van der Waals surface area contributed by atoms with Crippen molar-refractivity contribution < 1.29 is 29.0 Å². The molecular weight excluding hydrogens is 392 g/mol. The molecule has 0 aromatic carbocycles. The third-order valence-electron chi connectivity index (χ3n) is 3.72. The van der Waals surface area contributed by atoms with Crippen molar-refractivity contribution >= 4 is 29.8 Å². The van der Waals surface area contributed by atoms with Crippen molar-refractivity contribution in [3.63, 3.8) is 0 Å². The van der Waals surface area contributed by atoms with Crippen LogP contribution in [0, 0.1) is 5.92 Å². The van der Waals surface area contributed by atoms with E-state index in [0.29, 0.717) is 16.2 Å². The van der Waals surface area contributed by atoms with Crippen LogP contribution >= 0.6 is 0 Å². The molecule has 0 saturated heterocycles. The first-order chi connectivity index (χ1) is 13.7. The van der Waals surface area contributed by atoms with E-state index in [-0.39, 0.29) is 12.4 Å². The molecule has 0 bridgehead atoms.